The van der Waals surface area contributed by atoms with E-state index in [1.165, 1.54) is 36.0 Å². The molecule has 1 aromatic heterocycles. The van der Waals surface area contributed by atoms with E-state index in [-0.39, 0.29) is 12.4 Å². The second-order valence-electron chi connectivity index (χ2n) is 6.99. The third-order valence-electron chi connectivity index (χ3n) is 4.76. The van der Waals surface area contributed by atoms with E-state index in [9.17, 15) is 9.50 Å². The summed E-state index contributed by atoms with van der Waals surface area (Å²) >= 11 is 7.85. The molecule has 6 nitrogen and oxygen atoms in total. The summed E-state index contributed by atoms with van der Waals surface area (Å²) < 4.78 is 20.5. The molecule has 1 saturated heterocycles. The minimum absolute atomic E-state index is 0.0951. The van der Waals surface area contributed by atoms with Crippen molar-refractivity contribution in [1.29, 1.82) is 0 Å². The van der Waals surface area contributed by atoms with Crippen molar-refractivity contribution in [2.24, 2.45) is 0 Å². The monoisotopic (exact) mass is 448 g/mol. The maximum atomic E-state index is 13.0. The number of nitrogens with zero attached hydrogens (tertiary/aromatic N) is 4. The molecule has 0 amide bonds. The first-order valence-electron chi connectivity index (χ1n) is 9.76. The zero-order valence-corrected chi connectivity index (χ0v) is 17.8. The van der Waals surface area contributed by atoms with Crippen LogP contribution in [0.15, 0.2) is 53.7 Å². The van der Waals surface area contributed by atoms with Crippen molar-refractivity contribution in [2.75, 3.05) is 30.3 Å². The maximum absolute atomic E-state index is 13.0. The van der Waals surface area contributed by atoms with Crippen molar-refractivity contribution in [3.05, 3.63) is 59.4 Å². The molecular weight excluding hydrogens is 427 g/mol. The number of para-hydroxylation sites is 1. The molecule has 2 heterocycles. The maximum Gasteiger partial charge on any atom is 0.232 e. The molecule has 1 unspecified atom stereocenters. The first-order valence-corrected chi connectivity index (χ1v) is 11.1. The van der Waals surface area contributed by atoms with Gasteiger partial charge in [-0.2, -0.15) is 0 Å². The van der Waals surface area contributed by atoms with Gasteiger partial charge in [-0.1, -0.05) is 35.5 Å². The number of anilines is 1. The topological polar surface area (TPSA) is 63.4 Å². The van der Waals surface area contributed by atoms with E-state index in [2.05, 4.69) is 15.1 Å². The van der Waals surface area contributed by atoms with Gasteiger partial charge in [0.1, 0.15) is 18.2 Å². The first-order chi connectivity index (χ1) is 14.6. The number of thioether (sulfide) groups is 1. The number of aromatic nitrogens is 3. The number of hydrogen-bond acceptors (Lipinski definition) is 6. The fourth-order valence-corrected chi connectivity index (χ4v) is 4.33. The Kier molecular flexibility index (Phi) is 6.76. The zero-order chi connectivity index (χ0) is 20.9. The molecule has 2 aromatic carbocycles. The van der Waals surface area contributed by atoms with Crippen LogP contribution >= 0.6 is 23.4 Å². The summed E-state index contributed by atoms with van der Waals surface area (Å²) in [6.45, 7) is 1.96. The normalized spacial score (nSPS) is 14.8. The van der Waals surface area contributed by atoms with E-state index in [1.807, 2.05) is 28.8 Å². The zero-order valence-electron chi connectivity index (χ0n) is 16.2. The minimum atomic E-state index is -0.730. The molecule has 9 heteroatoms. The highest BCUT2D eigenvalue weighted by molar-refractivity contribution is 7.99. The van der Waals surface area contributed by atoms with Gasteiger partial charge in [-0.05, 0) is 49.2 Å². The summed E-state index contributed by atoms with van der Waals surface area (Å²) in [5.41, 5.74) is 0.811. The summed E-state index contributed by atoms with van der Waals surface area (Å²) in [6, 6.07) is 13.3. The largest absolute Gasteiger partial charge is 0.491 e. The lowest BCUT2D eigenvalue weighted by molar-refractivity contribution is 0.126. The van der Waals surface area contributed by atoms with Gasteiger partial charge in [-0.15, -0.1) is 10.2 Å². The molecule has 1 aliphatic rings. The van der Waals surface area contributed by atoms with Crippen LogP contribution in [0.2, 0.25) is 5.02 Å². The molecule has 1 aliphatic heterocycles. The molecular formula is C21H22ClFN4O2S. The number of hydrogen-bond donors (Lipinski definition) is 1. The molecule has 30 heavy (non-hydrogen) atoms. The Balaban J connectivity index is 1.47. The van der Waals surface area contributed by atoms with Gasteiger partial charge < -0.3 is 14.7 Å². The lowest BCUT2D eigenvalue weighted by Gasteiger charge is -2.19. The Hall–Kier alpha value is -2.29. The molecule has 158 valence electrons. The molecule has 1 fully saturated rings. The Morgan fingerprint density at radius 3 is 2.57 bits per heavy atom. The average Bonchev–Trinajstić information content (AvgIpc) is 3.42. The van der Waals surface area contributed by atoms with E-state index in [0.717, 1.165) is 37.6 Å². The van der Waals surface area contributed by atoms with E-state index >= 15 is 0 Å². The van der Waals surface area contributed by atoms with E-state index in [1.54, 1.807) is 0 Å². The van der Waals surface area contributed by atoms with Gasteiger partial charge in [0.2, 0.25) is 5.95 Å². The third-order valence-corrected chi connectivity index (χ3v) is 6.15. The van der Waals surface area contributed by atoms with Crippen LogP contribution in [0, 0.1) is 5.82 Å². The van der Waals surface area contributed by atoms with Gasteiger partial charge in [0.05, 0.1) is 16.8 Å². The number of aliphatic hydroxyl groups is 1. The van der Waals surface area contributed by atoms with Gasteiger partial charge in [0.25, 0.3) is 0 Å². The Morgan fingerprint density at radius 1 is 1.10 bits per heavy atom. The van der Waals surface area contributed by atoms with Crippen LogP contribution in [-0.2, 0) is 0 Å². The molecule has 3 aromatic rings. The third kappa shape index (κ3) is 4.88. The lowest BCUT2D eigenvalue weighted by atomic mass is 10.3. The molecule has 0 saturated carbocycles. The smallest absolute Gasteiger partial charge is 0.232 e. The van der Waals surface area contributed by atoms with Gasteiger partial charge in [-0.25, -0.2) is 4.39 Å². The summed E-state index contributed by atoms with van der Waals surface area (Å²) in [6.07, 6.45) is 1.51. The lowest BCUT2D eigenvalue weighted by Crippen LogP contribution is -2.22. The van der Waals surface area contributed by atoms with Crippen molar-refractivity contribution in [3.63, 3.8) is 0 Å². The van der Waals surface area contributed by atoms with Gasteiger partial charge in [0.15, 0.2) is 5.16 Å². The van der Waals surface area contributed by atoms with Gasteiger partial charge >= 0.3 is 0 Å². The van der Waals surface area contributed by atoms with Crippen LogP contribution in [0.1, 0.15) is 12.8 Å². The molecule has 4 rings (SSSR count). The second-order valence-corrected chi connectivity index (χ2v) is 8.39. The fourth-order valence-electron chi connectivity index (χ4n) is 3.26. The van der Waals surface area contributed by atoms with Crippen molar-refractivity contribution in [1.82, 2.24) is 14.8 Å². The Morgan fingerprint density at radius 2 is 1.83 bits per heavy atom. The van der Waals surface area contributed by atoms with Crippen molar-refractivity contribution < 1.29 is 14.2 Å². The summed E-state index contributed by atoms with van der Waals surface area (Å²) in [5.74, 6) is 1.31. The molecule has 0 bridgehead atoms. The van der Waals surface area contributed by atoms with Crippen molar-refractivity contribution in [3.8, 4) is 11.4 Å². The number of halogens is 2. The Bertz CT molecular complexity index is 979. The summed E-state index contributed by atoms with van der Waals surface area (Å²) in [4.78, 5) is 2.20. The quantitative estimate of drug-likeness (QED) is 0.521. The SMILES string of the molecule is OC(COc1ccc(F)cc1)CSc1nnc(N2CCCC2)n1-c1ccccc1Cl. The van der Waals surface area contributed by atoms with Crippen LogP contribution < -0.4 is 9.64 Å². The van der Waals surface area contributed by atoms with Crippen molar-refractivity contribution >= 4 is 29.3 Å². The summed E-state index contributed by atoms with van der Waals surface area (Å²) in [7, 11) is 0. The van der Waals surface area contributed by atoms with Gasteiger partial charge in [-0.3, -0.25) is 4.57 Å². The van der Waals surface area contributed by atoms with E-state index < -0.39 is 6.10 Å². The predicted octanol–water partition coefficient (Wildman–Crippen LogP) is 4.19. The van der Waals surface area contributed by atoms with Crippen LogP contribution in [0.4, 0.5) is 10.3 Å². The van der Waals surface area contributed by atoms with Crippen LogP contribution in [0.25, 0.3) is 5.69 Å². The Labute approximate surface area is 183 Å². The molecule has 0 radical (unpaired) electrons. The fraction of sp³-hybridized carbons (Fsp3) is 0.333. The molecule has 1 atom stereocenters. The number of benzene rings is 2. The molecule has 1 N–H and O–H groups in total. The van der Waals surface area contributed by atoms with E-state index in [0.29, 0.717) is 21.7 Å². The highest BCUT2D eigenvalue weighted by Gasteiger charge is 2.24. The first kappa shape index (κ1) is 21.0. The average molecular weight is 449 g/mol. The minimum Gasteiger partial charge on any atom is -0.491 e. The molecule has 0 spiro atoms. The number of rotatable bonds is 8. The standard InChI is InChI=1S/C21H22ClFN4O2S/c22-18-5-1-2-6-19(18)27-20(26-11-3-4-12-26)24-25-21(27)30-14-16(28)13-29-17-9-7-15(23)8-10-17/h1-2,5-10,16,28H,3-4,11-14H2. The number of ether oxygens (including phenoxy) is 1. The predicted molar refractivity (Wildman–Crippen MR) is 116 cm³/mol. The van der Waals surface area contributed by atoms with Crippen LogP contribution in [-0.4, -0.2) is 51.4 Å². The highest BCUT2D eigenvalue weighted by atomic mass is 35.5. The van der Waals surface area contributed by atoms with E-state index in [4.69, 9.17) is 16.3 Å². The van der Waals surface area contributed by atoms with Gasteiger partial charge in [0, 0.05) is 18.8 Å². The summed E-state index contributed by atoms with van der Waals surface area (Å²) in [5, 5.41) is 20.4. The highest BCUT2D eigenvalue weighted by Crippen LogP contribution is 2.32. The number of aliphatic hydroxyl groups excluding tert-OH is 1. The second kappa shape index (κ2) is 9.68. The van der Waals surface area contributed by atoms with Crippen molar-refractivity contribution in [2.45, 2.75) is 24.1 Å². The van der Waals surface area contributed by atoms with Crippen LogP contribution in [0.3, 0.4) is 0 Å². The molecule has 0 aliphatic carbocycles. The van der Waals surface area contributed by atoms with Crippen LogP contribution in [0.5, 0.6) is 5.75 Å².